The van der Waals surface area contributed by atoms with Gasteiger partial charge >= 0.3 is 0 Å². The van der Waals surface area contributed by atoms with Crippen LogP contribution >= 0.6 is 11.6 Å². The Hall–Kier alpha value is -2.32. The zero-order valence-electron chi connectivity index (χ0n) is 15.0. The van der Waals surface area contributed by atoms with E-state index in [1.54, 1.807) is 13.0 Å². The molecule has 0 aromatic heterocycles. The molecule has 2 aromatic carbocycles. The van der Waals surface area contributed by atoms with Crippen LogP contribution < -0.4 is 23.7 Å². The van der Waals surface area contributed by atoms with Gasteiger partial charge in [0.1, 0.15) is 27.9 Å². The fourth-order valence-electron chi connectivity index (χ4n) is 2.37. The summed E-state index contributed by atoms with van der Waals surface area (Å²) >= 11 is 6.05. The maximum absolute atomic E-state index is 12.9. The SMILES string of the molecule is COc1cc(S(=O)(=O)Nc2cc(OC)c(Cl)cc2OC)c(OC)cc1C. The van der Waals surface area contributed by atoms with Gasteiger partial charge in [-0.2, -0.15) is 0 Å². The van der Waals surface area contributed by atoms with Crippen LogP contribution in [-0.4, -0.2) is 36.9 Å². The topological polar surface area (TPSA) is 83.1 Å². The lowest BCUT2D eigenvalue weighted by atomic mass is 10.2. The molecule has 2 aromatic rings. The molecule has 0 aliphatic rings. The summed E-state index contributed by atoms with van der Waals surface area (Å²) in [5.74, 6) is 1.17. The van der Waals surface area contributed by atoms with E-state index in [1.165, 1.54) is 46.6 Å². The summed E-state index contributed by atoms with van der Waals surface area (Å²) in [6.45, 7) is 1.79. The molecule has 0 saturated heterocycles. The van der Waals surface area contributed by atoms with Crippen molar-refractivity contribution in [1.29, 1.82) is 0 Å². The van der Waals surface area contributed by atoms with Gasteiger partial charge in [0, 0.05) is 18.2 Å². The van der Waals surface area contributed by atoms with Gasteiger partial charge in [0.05, 0.1) is 39.1 Å². The van der Waals surface area contributed by atoms with E-state index in [4.69, 9.17) is 30.5 Å². The second-order valence-corrected chi connectivity index (χ2v) is 7.32. The molecule has 0 saturated carbocycles. The number of sulfonamides is 1. The zero-order valence-corrected chi connectivity index (χ0v) is 16.6. The van der Waals surface area contributed by atoms with E-state index in [1.807, 2.05) is 0 Å². The number of hydrogen-bond acceptors (Lipinski definition) is 6. The van der Waals surface area contributed by atoms with Gasteiger partial charge in [-0.3, -0.25) is 4.72 Å². The molecule has 0 radical (unpaired) electrons. The summed E-state index contributed by atoms with van der Waals surface area (Å²) in [4.78, 5) is -0.0709. The van der Waals surface area contributed by atoms with E-state index < -0.39 is 10.0 Å². The van der Waals surface area contributed by atoms with Gasteiger partial charge in [0.15, 0.2) is 0 Å². The Labute approximate surface area is 157 Å². The standard InChI is InChI=1S/C17H20ClNO6S/c1-10-6-16(25-5)17(9-13(10)22-2)26(20,21)19-12-8-14(23-3)11(18)7-15(12)24-4/h6-9,19H,1-5H3. The molecule has 0 unspecified atom stereocenters. The van der Waals surface area contributed by atoms with Crippen LogP contribution in [0, 0.1) is 6.92 Å². The van der Waals surface area contributed by atoms with Crippen molar-refractivity contribution in [1.82, 2.24) is 0 Å². The summed E-state index contributed by atoms with van der Waals surface area (Å²) in [5, 5.41) is 0.293. The van der Waals surface area contributed by atoms with E-state index in [9.17, 15) is 8.42 Å². The van der Waals surface area contributed by atoms with Crippen LogP contribution in [0.4, 0.5) is 5.69 Å². The number of nitrogens with one attached hydrogen (secondary N) is 1. The maximum atomic E-state index is 12.9. The lowest BCUT2D eigenvalue weighted by Gasteiger charge is -2.17. The Bertz CT molecular complexity index is 914. The molecule has 0 amide bonds. The van der Waals surface area contributed by atoms with E-state index >= 15 is 0 Å². The van der Waals surface area contributed by atoms with E-state index in [2.05, 4.69) is 4.72 Å². The summed E-state index contributed by atoms with van der Waals surface area (Å²) < 4.78 is 49.1. The lowest BCUT2D eigenvalue weighted by Crippen LogP contribution is -2.15. The fraction of sp³-hybridized carbons (Fsp3) is 0.294. The van der Waals surface area contributed by atoms with Crippen molar-refractivity contribution < 1.29 is 27.4 Å². The third kappa shape index (κ3) is 3.91. The Morgan fingerprint density at radius 3 is 1.92 bits per heavy atom. The highest BCUT2D eigenvalue weighted by Crippen LogP contribution is 2.38. The molecule has 142 valence electrons. The van der Waals surface area contributed by atoms with Gasteiger partial charge in [-0.25, -0.2) is 8.42 Å². The van der Waals surface area contributed by atoms with Crippen molar-refractivity contribution in [3.05, 3.63) is 34.9 Å². The fourth-order valence-corrected chi connectivity index (χ4v) is 3.83. The highest BCUT2D eigenvalue weighted by molar-refractivity contribution is 7.92. The van der Waals surface area contributed by atoms with E-state index in [-0.39, 0.29) is 22.1 Å². The van der Waals surface area contributed by atoms with Crippen molar-refractivity contribution in [3.63, 3.8) is 0 Å². The molecule has 0 aliphatic carbocycles. The highest BCUT2D eigenvalue weighted by atomic mass is 35.5. The van der Waals surface area contributed by atoms with E-state index in [0.29, 0.717) is 16.5 Å². The minimum atomic E-state index is -4.01. The average molecular weight is 402 g/mol. The predicted octanol–water partition coefficient (Wildman–Crippen LogP) is 3.48. The van der Waals surface area contributed by atoms with Gasteiger partial charge in [0.2, 0.25) is 0 Å². The molecule has 9 heteroatoms. The summed E-state index contributed by atoms with van der Waals surface area (Å²) in [7, 11) is 1.69. The smallest absolute Gasteiger partial charge is 0.265 e. The molecule has 1 N–H and O–H groups in total. The Kier molecular flexibility index (Phi) is 6.09. The normalized spacial score (nSPS) is 11.0. The zero-order chi connectivity index (χ0) is 19.5. The molecule has 0 heterocycles. The first-order chi connectivity index (χ1) is 12.3. The lowest BCUT2D eigenvalue weighted by molar-refractivity contribution is 0.390. The number of methoxy groups -OCH3 is 4. The number of halogens is 1. The second kappa shape index (κ2) is 7.92. The summed E-state index contributed by atoms with van der Waals surface area (Å²) in [6, 6.07) is 5.89. The molecular weight excluding hydrogens is 382 g/mol. The molecule has 0 spiro atoms. The van der Waals surface area contributed by atoms with Crippen molar-refractivity contribution in [2.45, 2.75) is 11.8 Å². The predicted molar refractivity (Wildman–Crippen MR) is 99.6 cm³/mol. The largest absolute Gasteiger partial charge is 0.496 e. The first-order valence-electron chi connectivity index (χ1n) is 7.44. The third-order valence-corrected chi connectivity index (χ3v) is 5.37. The van der Waals surface area contributed by atoms with Crippen molar-refractivity contribution in [3.8, 4) is 23.0 Å². The van der Waals surface area contributed by atoms with Gasteiger partial charge in [0.25, 0.3) is 10.0 Å². The number of rotatable bonds is 7. The van der Waals surface area contributed by atoms with Crippen LogP contribution in [0.15, 0.2) is 29.2 Å². The summed E-state index contributed by atoms with van der Waals surface area (Å²) in [6.07, 6.45) is 0. The maximum Gasteiger partial charge on any atom is 0.265 e. The summed E-state index contributed by atoms with van der Waals surface area (Å²) in [5.41, 5.74) is 0.921. The first kappa shape index (κ1) is 20.0. The molecular formula is C17H20ClNO6S. The number of ether oxygens (including phenoxy) is 4. The van der Waals surface area contributed by atoms with Crippen molar-refractivity contribution >= 4 is 27.3 Å². The molecule has 0 bridgehead atoms. The number of aryl methyl sites for hydroxylation is 1. The molecule has 0 aliphatic heterocycles. The molecule has 0 atom stereocenters. The minimum absolute atomic E-state index is 0.0709. The van der Waals surface area contributed by atoms with Gasteiger partial charge in [-0.15, -0.1) is 0 Å². The van der Waals surface area contributed by atoms with Gasteiger partial charge in [-0.05, 0) is 18.6 Å². The van der Waals surface area contributed by atoms with Gasteiger partial charge < -0.3 is 18.9 Å². The number of hydrogen-bond donors (Lipinski definition) is 1. The van der Waals surface area contributed by atoms with Crippen LogP contribution in [0.25, 0.3) is 0 Å². The third-order valence-electron chi connectivity index (χ3n) is 3.69. The van der Waals surface area contributed by atoms with Crippen LogP contribution in [0.3, 0.4) is 0 Å². The quantitative estimate of drug-likeness (QED) is 0.764. The van der Waals surface area contributed by atoms with E-state index in [0.717, 1.165) is 5.56 Å². The Balaban J connectivity index is 2.56. The second-order valence-electron chi connectivity index (χ2n) is 5.27. The minimum Gasteiger partial charge on any atom is -0.496 e. The molecule has 7 nitrogen and oxygen atoms in total. The van der Waals surface area contributed by atoms with Crippen molar-refractivity contribution in [2.24, 2.45) is 0 Å². The number of benzene rings is 2. The van der Waals surface area contributed by atoms with Crippen LogP contribution in [-0.2, 0) is 10.0 Å². The average Bonchev–Trinajstić information content (AvgIpc) is 2.61. The number of anilines is 1. The highest BCUT2D eigenvalue weighted by Gasteiger charge is 2.24. The first-order valence-corrected chi connectivity index (χ1v) is 9.30. The molecule has 26 heavy (non-hydrogen) atoms. The van der Waals surface area contributed by atoms with Gasteiger partial charge in [-0.1, -0.05) is 11.6 Å². The Morgan fingerprint density at radius 1 is 0.808 bits per heavy atom. The monoisotopic (exact) mass is 401 g/mol. The van der Waals surface area contributed by atoms with Crippen LogP contribution in [0.1, 0.15) is 5.56 Å². The molecule has 2 rings (SSSR count). The molecule has 0 fully saturated rings. The van der Waals surface area contributed by atoms with Crippen LogP contribution in [0.5, 0.6) is 23.0 Å². The van der Waals surface area contributed by atoms with Crippen LogP contribution in [0.2, 0.25) is 5.02 Å². The van der Waals surface area contributed by atoms with Crippen molar-refractivity contribution in [2.75, 3.05) is 33.2 Å². The Morgan fingerprint density at radius 2 is 1.38 bits per heavy atom.